The average Bonchev–Trinajstić information content (AvgIpc) is 2.67. The van der Waals surface area contributed by atoms with Crippen LogP contribution in [0.15, 0.2) is 76.5 Å². The number of rotatable bonds is 6. The Morgan fingerprint density at radius 1 is 0.828 bits per heavy atom. The van der Waals surface area contributed by atoms with Crippen LogP contribution in [0.25, 0.3) is 11.1 Å². The van der Waals surface area contributed by atoms with E-state index in [2.05, 4.69) is 0 Å². The number of aryl methyl sites for hydroxylation is 1. The summed E-state index contributed by atoms with van der Waals surface area (Å²) in [7, 11) is -5.42. The summed E-state index contributed by atoms with van der Waals surface area (Å²) in [5.74, 6) is 0.476. The van der Waals surface area contributed by atoms with Gasteiger partial charge in [-0.2, -0.15) is 0 Å². The molecule has 0 spiro atoms. The molecule has 7 heteroatoms. The molecule has 0 saturated heterocycles. The maximum atomic E-state index is 12.8. The van der Waals surface area contributed by atoms with Crippen LogP contribution >= 0.6 is 0 Å². The lowest BCUT2D eigenvalue weighted by atomic mass is 10.0. The van der Waals surface area contributed by atoms with Crippen molar-refractivity contribution >= 4 is 19.7 Å². The maximum absolute atomic E-state index is 12.8. The average molecular weight is 431 g/mol. The zero-order valence-electron chi connectivity index (χ0n) is 16.4. The number of hydrogen-bond donors (Lipinski definition) is 0. The van der Waals surface area contributed by atoms with E-state index in [0.717, 1.165) is 28.7 Å². The van der Waals surface area contributed by atoms with Gasteiger partial charge in [-0.3, -0.25) is 0 Å². The van der Waals surface area contributed by atoms with Gasteiger partial charge in [-0.05, 0) is 47.9 Å². The van der Waals surface area contributed by atoms with Crippen LogP contribution in [0.4, 0.5) is 0 Å². The fourth-order valence-electron chi connectivity index (χ4n) is 3.16. The number of hydrogen-bond acceptors (Lipinski definition) is 5. The van der Waals surface area contributed by atoms with Gasteiger partial charge in [0, 0.05) is 11.8 Å². The molecule has 29 heavy (non-hydrogen) atoms. The van der Waals surface area contributed by atoms with E-state index in [0.29, 0.717) is 5.56 Å². The van der Waals surface area contributed by atoms with E-state index in [1.54, 1.807) is 43.5 Å². The molecule has 5 nitrogen and oxygen atoms in total. The summed E-state index contributed by atoms with van der Waals surface area (Å²) in [5.41, 5.74) is 3.16. The Bertz CT molecular complexity index is 1240. The molecule has 0 aliphatic rings. The molecule has 0 amide bonds. The lowest BCUT2D eigenvalue weighted by Gasteiger charge is -2.12. The fourth-order valence-corrected chi connectivity index (χ4v) is 5.19. The highest BCUT2D eigenvalue weighted by molar-refractivity contribution is 7.91. The zero-order valence-corrected chi connectivity index (χ0v) is 18.0. The van der Waals surface area contributed by atoms with Crippen molar-refractivity contribution in [1.29, 1.82) is 0 Å². The van der Waals surface area contributed by atoms with Crippen LogP contribution < -0.4 is 4.74 Å². The summed E-state index contributed by atoms with van der Waals surface area (Å²) < 4.78 is 54.5. The van der Waals surface area contributed by atoms with E-state index < -0.39 is 19.7 Å². The summed E-state index contributed by atoms with van der Waals surface area (Å²) in [6.07, 6.45) is 1.10. The molecule has 0 aromatic heterocycles. The van der Waals surface area contributed by atoms with Gasteiger partial charge in [0.15, 0.2) is 19.7 Å². The number of benzene rings is 3. The Morgan fingerprint density at radius 2 is 1.48 bits per heavy atom. The maximum Gasteiger partial charge on any atom is 0.182 e. The largest absolute Gasteiger partial charge is 0.496 e. The third kappa shape index (κ3) is 4.68. The highest BCUT2D eigenvalue weighted by Crippen LogP contribution is 2.33. The molecular formula is C22H22O5S2. The molecule has 0 aliphatic heterocycles. The second kappa shape index (κ2) is 8.00. The summed E-state index contributed by atoms with van der Waals surface area (Å²) in [6.45, 7) is 1.95. The summed E-state index contributed by atoms with van der Waals surface area (Å²) in [6, 6.07) is 18.4. The normalized spacial score (nSPS) is 12.0. The Morgan fingerprint density at radius 3 is 2.10 bits per heavy atom. The first kappa shape index (κ1) is 21.1. The van der Waals surface area contributed by atoms with E-state index in [9.17, 15) is 16.8 Å². The van der Waals surface area contributed by atoms with Crippen LogP contribution in [0, 0.1) is 6.92 Å². The number of ether oxygens (including phenoxy) is 1. The van der Waals surface area contributed by atoms with E-state index >= 15 is 0 Å². The molecule has 3 rings (SSSR count). The predicted molar refractivity (Wildman–Crippen MR) is 114 cm³/mol. The SMILES string of the molecule is COc1c(C)cccc1-c1ccc(S(=O)(=O)Cc2cccc(S(C)(=O)=O)c2)cc1. The first-order valence-corrected chi connectivity index (χ1v) is 12.4. The highest BCUT2D eigenvalue weighted by atomic mass is 32.2. The van der Waals surface area contributed by atoms with Gasteiger partial charge in [0.05, 0.1) is 22.7 Å². The third-order valence-corrected chi connectivity index (χ3v) is 7.44. The van der Waals surface area contributed by atoms with Crippen LogP contribution in [0.5, 0.6) is 5.75 Å². The minimum absolute atomic E-state index is 0.104. The van der Waals surface area contributed by atoms with Gasteiger partial charge in [0.1, 0.15) is 5.75 Å². The second-order valence-corrected chi connectivity index (χ2v) is 10.9. The van der Waals surface area contributed by atoms with Crippen molar-refractivity contribution in [2.75, 3.05) is 13.4 Å². The van der Waals surface area contributed by atoms with Crippen molar-refractivity contribution in [1.82, 2.24) is 0 Å². The van der Waals surface area contributed by atoms with Crippen molar-refractivity contribution in [3.8, 4) is 16.9 Å². The summed E-state index contributed by atoms with van der Waals surface area (Å²) >= 11 is 0. The van der Waals surface area contributed by atoms with Gasteiger partial charge in [0.2, 0.25) is 0 Å². The van der Waals surface area contributed by atoms with Crippen LogP contribution in [-0.2, 0) is 25.4 Å². The molecule has 0 bridgehead atoms. The van der Waals surface area contributed by atoms with Crippen LogP contribution in [0.1, 0.15) is 11.1 Å². The number of methoxy groups -OCH3 is 1. The van der Waals surface area contributed by atoms with E-state index in [-0.39, 0.29) is 15.5 Å². The van der Waals surface area contributed by atoms with Crippen LogP contribution in [-0.4, -0.2) is 30.2 Å². The summed E-state index contributed by atoms with van der Waals surface area (Å²) in [5, 5.41) is 0. The smallest absolute Gasteiger partial charge is 0.182 e. The van der Waals surface area contributed by atoms with Gasteiger partial charge in [-0.15, -0.1) is 0 Å². The molecule has 0 fully saturated rings. The fraction of sp³-hybridized carbons (Fsp3) is 0.182. The molecule has 3 aromatic carbocycles. The molecule has 0 heterocycles. The number of para-hydroxylation sites is 1. The van der Waals surface area contributed by atoms with Crippen molar-refractivity contribution in [2.24, 2.45) is 0 Å². The lowest BCUT2D eigenvalue weighted by molar-refractivity contribution is 0.413. The minimum atomic E-state index is -3.62. The van der Waals surface area contributed by atoms with Crippen LogP contribution in [0.3, 0.4) is 0 Å². The van der Waals surface area contributed by atoms with Gasteiger partial charge < -0.3 is 4.74 Å². The second-order valence-electron chi connectivity index (χ2n) is 6.86. The number of sulfone groups is 2. The molecule has 0 saturated carbocycles. The van der Waals surface area contributed by atoms with Gasteiger partial charge in [-0.25, -0.2) is 16.8 Å². The molecule has 0 atom stereocenters. The Kier molecular flexibility index (Phi) is 5.82. The van der Waals surface area contributed by atoms with Gasteiger partial charge in [0.25, 0.3) is 0 Å². The van der Waals surface area contributed by atoms with Crippen molar-refractivity contribution in [3.05, 3.63) is 77.9 Å². The van der Waals surface area contributed by atoms with Crippen molar-refractivity contribution < 1.29 is 21.6 Å². The highest BCUT2D eigenvalue weighted by Gasteiger charge is 2.18. The predicted octanol–water partition coefficient (Wildman–Crippen LogP) is 4.05. The molecule has 0 unspecified atom stereocenters. The lowest BCUT2D eigenvalue weighted by Crippen LogP contribution is -2.06. The quantitative estimate of drug-likeness (QED) is 0.590. The third-order valence-electron chi connectivity index (χ3n) is 4.62. The molecule has 0 radical (unpaired) electrons. The molecule has 0 N–H and O–H groups in total. The van der Waals surface area contributed by atoms with Crippen molar-refractivity contribution in [3.63, 3.8) is 0 Å². The Balaban J connectivity index is 1.91. The minimum Gasteiger partial charge on any atom is -0.496 e. The molecular weight excluding hydrogens is 408 g/mol. The van der Waals surface area contributed by atoms with E-state index in [4.69, 9.17) is 4.74 Å². The van der Waals surface area contributed by atoms with Crippen LogP contribution in [0.2, 0.25) is 0 Å². The zero-order chi connectivity index (χ0) is 21.2. The Labute approximate surface area is 171 Å². The topological polar surface area (TPSA) is 77.5 Å². The standard InChI is InChI=1S/C22H22O5S2/c1-16-6-4-9-21(22(16)27-2)18-10-12-19(13-11-18)29(25,26)15-17-7-5-8-20(14-17)28(3,23)24/h4-14H,15H2,1-3H3. The molecule has 0 aliphatic carbocycles. The first-order chi connectivity index (χ1) is 13.6. The molecule has 3 aromatic rings. The summed E-state index contributed by atoms with van der Waals surface area (Å²) in [4.78, 5) is 0.282. The van der Waals surface area contributed by atoms with Gasteiger partial charge >= 0.3 is 0 Å². The van der Waals surface area contributed by atoms with E-state index in [1.165, 1.54) is 12.1 Å². The molecule has 152 valence electrons. The first-order valence-electron chi connectivity index (χ1n) is 8.87. The Hall–Kier alpha value is -2.64. The van der Waals surface area contributed by atoms with Crippen molar-refractivity contribution in [2.45, 2.75) is 22.5 Å². The monoisotopic (exact) mass is 430 g/mol. The van der Waals surface area contributed by atoms with Gasteiger partial charge in [-0.1, -0.05) is 42.5 Å². The van der Waals surface area contributed by atoms with E-state index in [1.807, 2.05) is 25.1 Å².